The minimum absolute atomic E-state index is 0.0289. The van der Waals surface area contributed by atoms with E-state index in [1.54, 1.807) is 0 Å². The molecule has 2 heterocycles. The highest BCUT2D eigenvalue weighted by atomic mass is 16.6. The Labute approximate surface area is 133 Å². The van der Waals surface area contributed by atoms with Crippen molar-refractivity contribution in [1.29, 1.82) is 0 Å². The molecular formula is C12H14N4O8. The van der Waals surface area contributed by atoms with Crippen molar-refractivity contribution in [3.63, 3.8) is 0 Å². The normalized spacial score (nSPS) is 30.4. The van der Waals surface area contributed by atoms with Gasteiger partial charge in [-0.2, -0.15) is 0 Å². The lowest BCUT2D eigenvalue weighted by Gasteiger charge is -2.40. The van der Waals surface area contributed by atoms with Crippen LogP contribution >= 0.6 is 0 Å². The molecule has 5 N–H and O–H groups in total. The van der Waals surface area contributed by atoms with E-state index in [4.69, 9.17) is 9.84 Å². The Bertz CT molecular complexity index is 750. The molecule has 1 aromatic carbocycles. The van der Waals surface area contributed by atoms with Crippen molar-refractivity contribution in [3.05, 3.63) is 22.2 Å². The molecule has 0 bridgehead atoms. The molecule has 12 heteroatoms. The smallest absolute Gasteiger partial charge is 0.300 e. The minimum atomic E-state index is -1.56. The topological polar surface area (TPSA) is 184 Å². The lowest BCUT2D eigenvalue weighted by atomic mass is 9.98. The Kier molecular flexibility index (Phi) is 4.29. The number of fused-ring (bicyclic) bond motifs is 1. The van der Waals surface area contributed by atoms with Gasteiger partial charge in [-0.25, -0.2) is 4.63 Å². The first-order chi connectivity index (χ1) is 11.4. The van der Waals surface area contributed by atoms with Crippen molar-refractivity contribution in [2.45, 2.75) is 30.6 Å². The number of benzene rings is 1. The van der Waals surface area contributed by atoms with Gasteiger partial charge in [-0.3, -0.25) is 10.1 Å². The number of rotatable bonds is 4. The lowest BCUT2D eigenvalue weighted by Crippen LogP contribution is -2.60. The van der Waals surface area contributed by atoms with E-state index in [-0.39, 0.29) is 22.4 Å². The molecule has 0 saturated carbocycles. The lowest BCUT2D eigenvalue weighted by molar-refractivity contribution is -0.383. The van der Waals surface area contributed by atoms with E-state index in [0.717, 1.165) is 0 Å². The summed E-state index contributed by atoms with van der Waals surface area (Å²) in [5.41, 5.74) is -0.192. The number of nitro groups is 1. The number of ether oxygens (including phenoxy) is 1. The van der Waals surface area contributed by atoms with Gasteiger partial charge >= 0.3 is 5.69 Å². The predicted octanol–water partition coefficient (Wildman–Crippen LogP) is -1.66. The summed E-state index contributed by atoms with van der Waals surface area (Å²) in [5.74, 6) is 0. The van der Waals surface area contributed by atoms with Crippen LogP contribution in [0.15, 0.2) is 16.8 Å². The molecule has 130 valence electrons. The minimum Gasteiger partial charge on any atom is -0.394 e. The third-order valence-corrected chi connectivity index (χ3v) is 3.78. The Hall–Kier alpha value is -2.38. The van der Waals surface area contributed by atoms with Crippen LogP contribution in [0.1, 0.15) is 0 Å². The molecule has 5 atom stereocenters. The van der Waals surface area contributed by atoms with E-state index in [1.807, 2.05) is 0 Å². The summed E-state index contributed by atoms with van der Waals surface area (Å²) in [6.45, 7) is -0.579. The molecule has 0 aliphatic carbocycles. The van der Waals surface area contributed by atoms with Crippen molar-refractivity contribution >= 4 is 22.4 Å². The van der Waals surface area contributed by atoms with E-state index in [0.29, 0.717) is 0 Å². The second-order valence-electron chi connectivity index (χ2n) is 5.24. The maximum absolute atomic E-state index is 10.9. The van der Waals surface area contributed by atoms with E-state index >= 15 is 0 Å². The van der Waals surface area contributed by atoms with Gasteiger partial charge in [0.1, 0.15) is 24.4 Å². The third-order valence-electron chi connectivity index (χ3n) is 3.78. The van der Waals surface area contributed by atoms with Gasteiger partial charge in [0.25, 0.3) is 0 Å². The number of non-ortho nitro benzene ring substituents is 1. The molecule has 0 amide bonds. The second kappa shape index (κ2) is 6.26. The first kappa shape index (κ1) is 16.5. The first-order valence-electron chi connectivity index (χ1n) is 6.90. The van der Waals surface area contributed by atoms with E-state index in [9.17, 15) is 25.4 Å². The van der Waals surface area contributed by atoms with Crippen LogP contribution in [0, 0.1) is 10.1 Å². The molecule has 24 heavy (non-hydrogen) atoms. The van der Waals surface area contributed by atoms with Gasteiger partial charge in [-0.05, 0) is 16.4 Å². The summed E-state index contributed by atoms with van der Waals surface area (Å²) >= 11 is 0. The summed E-state index contributed by atoms with van der Waals surface area (Å²) in [4.78, 5) is 10.3. The molecule has 12 nitrogen and oxygen atoms in total. The van der Waals surface area contributed by atoms with Crippen LogP contribution in [-0.2, 0) is 4.74 Å². The number of nitrogens with one attached hydrogen (secondary N) is 1. The number of hydrogen-bond acceptors (Lipinski definition) is 11. The summed E-state index contributed by atoms with van der Waals surface area (Å²) in [6, 6.07) is 2.48. The molecule has 1 fully saturated rings. The summed E-state index contributed by atoms with van der Waals surface area (Å²) < 4.78 is 9.82. The molecule has 0 radical (unpaired) electrons. The zero-order valence-corrected chi connectivity index (χ0v) is 12.0. The number of aromatic nitrogens is 2. The van der Waals surface area contributed by atoms with Crippen molar-refractivity contribution in [2.75, 3.05) is 11.9 Å². The van der Waals surface area contributed by atoms with Crippen LogP contribution in [0.2, 0.25) is 0 Å². The third kappa shape index (κ3) is 2.65. The van der Waals surface area contributed by atoms with Crippen molar-refractivity contribution < 1.29 is 34.7 Å². The standard InChI is InChI=1S/C12H14N4O8/c17-3-6-9(18)10(19)11(20)12(23-6)13-4-1-2-5(16(21)22)8-7(4)14-24-15-8/h1-2,6,9-13,17-20H,3H2/t6-,9-,10+,11-,12-/m1/s1. The maximum Gasteiger partial charge on any atom is 0.300 e. The molecule has 1 aliphatic heterocycles. The molecule has 1 aliphatic rings. The Morgan fingerprint density at radius 2 is 1.88 bits per heavy atom. The van der Waals surface area contributed by atoms with E-state index in [1.165, 1.54) is 12.1 Å². The number of nitro benzene ring substituents is 1. The van der Waals surface area contributed by atoms with Gasteiger partial charge in [-0.15, -0.1) is 0 Å². The van der Waals surface area contributed by atoms with Crippen LogP contribution in [0.4, 0.5) is 11.4 Å². The van der Waals surface area contributed by atoms with Crippen molar-refractivity contribution in [3.8, 4) is 0 Å². The fraction of sp³-hybridized carbons (Fsp3) is 0.500. The predicted molar refractivity (Wildman–Crippen MR) is 75.8 cm³/mol. The van der Waals surface area contributed by atoms with Crippen molar-refractivity contribution in [2.24, 2.45) is 0 Å². The van der Waals surface area contributed by atoms with Crippen LogP contribution in [0.3, 0.4) is 0 Å². The van der Waals surface area contributed by atoms with E-state index in [2.05, 4.69) is 20.3 Å². The number of aliphatic hydroxyl groups excluding tert-OH is 4. The zero-order valence-electron chi connectivity index (χ0n) is 12.0. The highest BCUT2D eigenvalue weighted by Gasteiger charge is 2.43. The molecular weight excluding hydrogens is 328 g/mol. The largest absolute Gasteiger partial charge is 0.394 e. The maximum atomic E-state index is 10.9. The zero-order chi connectivity index (χ0) is 17.4. The van der Waals surface area contributed by atoms with Crippen molar-refractivity contribution in [1.82, 2.24) is 10.3 Å². The number of hydrogen-bond donors (Lipinski definition) is 5. The van der Waals surface area contributed by atoms with Crippen LogP contribution < -0.4 is 5.32 Å². The molecule has 0 spiro atoms. The summed E-state index contributed by atoms with van der Waals surface area (Å²) in [7, 11) is 0. The number of aliphatic hydroxyl groups is 4. The Morgan fingerprint density at radius 3 is 2.54 bits per heavy atom. The highest BCUT2D eigenvalue weighted by molar-refractivity contribution is 5.93. The molecule has 0 unspecified atom stereocenters. The molecule has 1 saturated heterocycles. The number of anilines is 1. The quantitative estimate of drug-likeness (QED) is 0.316. The molecule has 2 aromatic rings. The Balaban J connectivity index is 1.91. The average Bonchev–Trinajstić information content (AvgIpc) is 3.05. The Morgan fingerprint density at radius 1 is 1.17 bits per heavy atom. The van der Waals surface area contributed by atoms with Crippen LogP contribution in [0.5, 0.6) is 0 Å². The monoisotopic (exact) mass is 342 g/mol. The summed E-state index contributed by atoms with van der Waals surface area (Å²) in [5, 5.41) is 59.4. The van der Waals surface area contributed by atoms with Gasteiger partial charge in [0.05, 0.1) is 17.2 Å². The van der Waals surface area contributed by atoms with Gasteiger partial charge in [-0.1, -0.05) is 0 Å². The van der Waals surface area contributed by atoms with Gasteiger partial charge in [0, 0.05) is 6.07 Å². The molecule has 3 rings (SSSR count). The van der Waals surface area contributed by atoms with E-state index < -0.39 is 42.2 Å². The van der Waals surface area contributed by atoms with Gasteiger partial charge < -0.3 is 30.5 Å². The average molecular weight is 342 g/mol. The van der Waals surface area contributed by atoms with Crippen LogP contribution in [-0.4, -0.2) is 72.9 Å². The van der Waals surface area contributed by atoms with Gasteiger partial charge in [0.15, 0.2) is 11.7 Å². The summed E-state index contributed by atoms with van der Waals surface area (Å²) in [6.07, 6.45) is -6.87. The SMILES string of the molecule is O=[N+]([O-])c1ccc(N[C@@H]2O[C@H](CO)[C@@H](O)[C@H](O)[C@H]2O)c2nonc12. The first-order valence-corrected chi connectivity index (χ1v) is 6.90. The second-order valence-corrected chi connectivity index (χ2v) is 5.24. The highest BCUT2D eigenvalue weighted by Crippen LogP contribution is 2.31. The number of nitrogens with zero attached hydrogens (tertiary/aromatic N) is 3. The van der Waals surface area contributed by atoms with Gasteiger partial charge in [0.2, 0.25) is 5.52 Å². The molecule has 1 aromatic heterocycles. The van der Waals surface area contributed by atoms with Crippen LogP contribution in [0.25, 0.3) is 11.0 Å². The fourth-order valence-electron chi connectivity index (χ4n) is 2.49. The fourth-order valence-corrected chi connectivity index (χ4v) is 2.49.